The van der Waals surface area contributed by atoms with Gasteiger partial charge in [0.1, 0.15) is 0 Å². The fourth-order valence-corrected chi connectivity index (χ4v) is 2.96. The highest BCUT2D eigenvalue weighted by molar-refractivity contribution is 8.77. The maximum absolute atomic E-state index is 5.25. The summed E-state index contributed by atoms with van der Waals surface area (Å²) in [5.41, 5.74) is 0. The maximum atomic E-state index is 5.25. The zero-order valence-corrected chi connectivity index (χ0v) is 9.31. The molecule has 0 bridgehead atoms. The second-order valence-corrected chi connectivity index (χ2v) is 6.72. The molecule has 0 radical (unpaired) electrons. The molecule has 11 heavy (non-hydrogen) atoms. The summed E-state index contributed by atoms with van der Waals surface area (Å²) in [6.45, 7) is 8.72. The standard InChI is InChI=1S/C9H16S2/c1-6-8(2)7-10-11-9(3,4)5/h1,8H,7H2,2-5H3/t8-/m0/s1. The highest BCUT2D eigenvalue weighted by Gasteiger charge is 2.11. The van der Waals surface area contributed by atoms with E-state index in [4.69, 9.17) is 6.42 Å². The molecule has 0 rings (SSSR count). The van der Waals surface area contributed by atoms with Crippen molar-refractivity contribution >= 4 is 21.6 Å². The van der Waals surface area contributed by atoms with Crippen LogP contribution in [-0.2, 0) is 0 Å². The fourth-order valence-electron chi connectivity index (χ4n) is 0.361. The summed E-state index contributed by atoms with van der Waals surface area (Å²) in [6, 6.07) is 0. The predicted molar refractivity (Wildman–Crippen MR) is 57.8 cm³/mol. The van der Waals surface area contributed by atoms with Crippen LogP contribution in [-0.4, -0.2) is 10.5 Å². The lowest BCUT2D eigenvalue weighted by molar-refractivity contribution is 0.810. The molecule has 0 aliphatic rings. The molecule has 0 aromatic carbocycles. The average molecular weight is 188 g/mol. The summed E-state index contributed by atoms with van der Waals surface area (Å²) in [7, 11) is 3.77. The molecule has 2 heteroatoms. The summed E-state index contributed by atoms with van der Waals surface area (Å²) in [5.74, 6) is 4.17. The van der Waals surface area contributed by atoms with E-state index in [0.717, 1.165) is 5.75 Å². The molecule has 0 nitrogen and oxygen atoms in total. The van der Waals surface area contributed by atoms with Crippen LogP contribution >= 0.6 is 21.6 Å². The van der Waals surface area contributed by atoms with Gasteiger partial charge in [0.15, 0.2) is 0 Å². The molecule has 0 aliphatic heterocycles. The van der Waals surface area contributed by atoms with Crippen molar-refractivity contribution in [1.29, 1.82) is 0 Å². The molecule has 0 spiro atoms. The van der Waals surface area contributed by atoms with Crippen LogP contribution < -0.4 is 0 Å². The summed E-state index contributed by atoms with van der Waals surface area (Å²) in [6.07, 6.45) is 5.25. The number of hydrogen-bond donors (Lipinski definition) is 0. The van der Waals surface area contributed by atoms with Crippen LogP contribution in [0.2, 0.25) is 0 Å². The Kier molecular flexibility index (Phi) is 5.12. The van der Waals surface area contributed by atoms with Gasteiger partial charge in [-0.15, -0.1) is 12.3 Å². The van der Waals surface area contributed by atoms with Crippen molar-refractivity contribution in [3.8, 4) is 12.3 Å². The fraction of sp³-hybridized carbons (Fsp3) is 0.778. The van der Waals surface area contributed by atoms with Crippen LogP contribution in [0.3, 0.4) is 0 Å². The van der Waals surface area contributed by atoms with E-state index in [1.165, 1.54) is 0 Å². The van der Waals surface area contributed by atoms with E-state index in [1.807, 2.05) is 21.6 Å². The molecule has 0 N–H and O–H groups in total. The van der Waals surface area contributed by atoms with E-state index < -0.39 is 0 Å². The minimum atomic E-state index is 0.346. The van der Waals surface area contributed by atoms with Gasteiger partial charge in [0.2, 0.25) is 0 Å². The molecule has 0 aromatic rings. The maximum Gasteiger partial charge on any atom is 0.0270 e. The first-order chi connectivity index (χ1) is 4.95. The minimum Gasteiger partial charge on any atom is -0.120 e. The van der Waals surface area contributed by atoms with E-state index in [-0.39, 0.29) is 0 Å². The van der Waals surface area contributed by atoms with E-state index in [0.29, 0.717) is 10.7 Å². The topological polar surface area (TPSA) is 0 Å². The van der Waals surface area contributed by atoms with E-state index in [9.17, 15) is 0 Å². The molecule has 0 unspecified atom stereocenters. The number of terminal acetylenes is 1. The Labute approximate surface area is 78.3 Å². The molecule has 0 saturated heterocycles. The van der Waals surface area contributed by atoms with E-state index in [1.54, 1.807) is 0 Å². The lowest BCUT2D eigenvalue weighted by Crippen LogP contribution is -2.05. The Bertz CT molecular complexity index is 139. The van der Waals surface area contributed by atoms with E-state index >= 15 is 0 Å². The zero-order valence-electron chi connectivity index (χ0n) is 7.68. The molecule has 0 amide bonds. The Morgan fingerprint density at radius 1 is 1.45 bits per heavy atom. The second kappa shape index (κ2) is 5.00. The van der Waals surface area contributed by atoms with Gasteiger partial charge in [-0.05, 0) is 0 Å². The molecule has 0 aromatic heterocycles. The van der Waals surface area contributed by atoms with Crippen molar-refractivity contribution < 1.29 is 0 Å². The molecule has 1 atom stereocenters. The quantitative estimate of drug-likeness (QED) is 0.491. The van der Waals surface area contributed by atoms with Crippen molar-refractivity contribution in [3.05, 3.63) is 0 Å². The average Bonchev–Trinajstić information content (AvgIpc) is 1.85. The van der Waals surface area contributed by atoms with Crippen molar-refractivity contribution in [2.45, 2.75) is 32.4 Å². The molecular weight excluding hydrogens is 172 g/mol. The van der Waals surface area contributed by atoms with Crippen LogP contribution in [0.15, 0.2) is 0 Å². The Morgan fingerprint density at radius 2 is 2.00 bits per heavy atom. The van der Waals surface area contributed by atoms with Crippen molar-refractivity contribution in [3.63, 3.8) is 0 Å². The molecule has 0 fully saturated rings. The van der Waals surface area contributed by atoms with Gasteiger partial charge >= 0.3 is 0 Å². The van der Waals surface area contributed by atoms with Crippen LogP contribution in [0.5, 0.6) is 0 Å². The predicted octanol–water partition coefficient (Wildman–Crippen LogP) is 3.44. The third-order valence-electron chi connectivity index (χ3n) is 0.911. The summed E-state index contributed by atoms with van der Waals surface area (Å²) in [5, 5.41) is 0. The first kappa shape index (κ1) is 11.3. The Balaban J connectivity index is 3.37. The number of hydrogen-bond acceptors (Lipinski definition) is 2. The van der Waals surface area contributed by atoms with Gasteiger partial charge in [0.05, 0.1) is 0 Å². The highest BCUT2D eigenvalue weighted by atomic mass is 33.1. The second-order valence-electron chi connectivity index (χ2n) is 3.55. The van der Waals surface area contributed by atoms with Gasteiger partial charge in [-0.3, -0.25) is 0 Å². The van der Waals surface area contributed by atoms with Crippen molar-refractivity contribution in [2.75, 3.05) is 5.75 Å². The normalized spacial score (nSPS) is 14.1. The van der Waals surface area contributed by atoms with Gasteiger partial charge in [0, 0.05) is 16.4 Å². The van der Waals surface area contributed by atoms with Gasteiger partial charge in [0.25, 0.3) is 0 Å². The van der Waals surface area contributed by atoms with Crippen LogP contribution in [0.25, 0.3) is 0 Å². The third-order valence-corrected chi connectivity index (χ3v) is 4.43. The monoisotopic (exact) mass is 188 g/mol. The molecule has 0 saturated carbocycles. The van der Waals surface area contributed by atoms with E-state index in [2.05, 4.69) is 33.6 Å². The summed E-state index contributed by atoms with van der Waals surface area (Å²) in [4.78, 5) is 0. The van der Waals surface area contributed by atoms with Gasteiger partial charge in [-0.25, -0.2) is 0 Å². The Hall–Kier alpha value is 0.260. The Morgan fingerprint density at radius 3 is 2.36 bits per heavy atom. The SMILES string of the molecule is C#C[C@H](C)CSSC(C)(C)C. The molecule has 0 aliphatic carbocycles. The third kappa shape index (κ3) is 8.16. The number of rotatable bonds is 3. The van der Waals surface area contributed by atoms with Gasteiger partial charge in [-0.2, -0.15) is 0 Å². The highest BCUT2D eigenvalue weighted by Crippen LogP contribution is 2.35. The van der Waals surface area contributed by atoms with Crippen LogP contribution in [0, 0.1) is 18.3 Å². The molecule has 64 valence electrons. The lowest BCUT2D eigenvalue weighted by atomic mass is 10.2. The largest absolute Gasteiger partial charge is 0.120 e. The van der Waals surface area contributed by atoms with Crippen molar-refractivity contribution in [2.24, 2.45) is 5.92 Å². The van der Waals surface area contributed by atoms with Crippen LogP contribution in [0.1, 0.15) is 27.7 Å². The van der Waals surface area contributed by atoms with Gasteiger partial charge < -0.3 is 0 Å². The van der Waals surface area contributed by atoms with Crippen LogP contribution in [0.4, 0.5) is 0 Å². The molecular formula is C9H16S2. The first-order valence-corrected chi connectivity index (χ1v) is 6.04. The zero-order chi connectivity index (χ0) is 8.91. The minimum absolute atomic E-state index is 0.346. The first-order valence-electron chi connectivity index (χ1n) is 3.72. The van der Waals surface area contributed by atoms with Gasteiger partial charge in [-0.1, -0.05) is 49.3 Å². The van der Waals surface area contributed by atoms with Crippen molar-refractivity contribution in [1.82, 2.24) is 0 Å². The lowest BCUT2D eigenvalue weighted by Gasteiger charge is -2.16. The summed E-state index contributed by atoms with van der Waals surface area (Å²) < 4.78 is 0.346. The molecule has 0 heterocycles. The smallest absolute Gasteiger partial charge is 0.0270 e. The summed E-state index contributed by atoms with van der Waals surface area (Å²) >= 11 is 0.